The number of ether oxygens (including phenoxy) is 1. The van der Waals surface area contributed by atoms with E-state index in [1.54, 1.807) is 0 Å². The predicted octanol–water partition coefficient (Wildman–Crippen LogP) is -1.77. The van der Waals surface area contributed by atoms with Crippen LogP contribution in [0, 0.1) is 0 Å². The highest BCUT2D eigenvalue weighted by molar-refractivity contribution is 7.53. The molecule has 124 valence electrons. The molecular weight excluding hydrogens is 342 g/mol. The standard InChI is InChI=1S/C8H14N4O8P2/c9-7-10-3-12(8(13)11-7)6-1-5(22(17,18)19)4(20-6)2-21(14,15)16/h3-6H,1-2H2,(H2,9,11,13)(H2,14,15,16)(H2,17,18,19)/t4-,5+,6-/m1/s1. The summed E-state index contributed by atoms with van der Waals surface area (Å²) in [5, 5.41) is 0. The van der Waals surface area contributed by atoms with Gasteiger partial charge in [-0.3, -0.25) is 13.7 Å². The Balaban J connectivity index is 2.32. The lowest BCUT2D eigenvalue weighted by molar-refractivity contribution is 0.00688. The van der Waals surface area contributed by atoms with Gasteiger partial charge in [0.2, 0.25) is 5.95 Å². The molecule has 12 nitrogen and oxygen atoms in total. The van der Waals surface area contributed by atoms with Crippen molar-refractivity contribution in [2.75, 3.05) is 11.9 Å². The van der Waals surface area contributed by atoms with E-state index in [9.17, 15) is 23.7 Å². The van der Waals surface area contributed by atoms with E-state index in [0.717, 1.165) is 10.9 Å². The maximum absolute atomic E-state index is 11.7. The largest absolute Gasteiger partial charge is 0.368 e. The third-order valence-electron chi connectivity index (χ3n) is 3.11. The summed E-state index contributed by atoms with van der Waals surface area (Å²) in [6.07, 6.45) is -2.75. The Labute approximate surface area is 123 Å². The van der Waals surface area contributed by atoms with Crippen molar-refractivity contribution in [2.45, 2.75) is 24.4 Å². The first kappa shape index (κ1) is 17.2. The van der Waals surface area contributed by atoms with Crippen LogP contribution < -0.4 is 11.4 Å². The molecule has 6 N–H and O–H groups in total. The number of hydrogen-bond donors (Lipinski definition) is 5. The summed E-state index contributed by atoms with van der Waals surface area (Å²) in [7, 11) is -9.25. The molecule has 2 rings (SSSR count). The molecule has 0 saturated carbocycles. The van der Waals surface area contributed by atoms with Crippen LogP contribution in [0.5, 0.6) is 0 Å². The van der Waals surface area contributed by atoms with Crippen molar-refractivity contribution in [3.63, 3.8) is 0 Å². The van der Waals surface area contributed by atoms with Crippen molar-refractivity contribution in [3.05, 3.63) is 16.8 Å². The second kappa shape index (κ2) is 5.82. The summed E-state index contributed by atoms with van der Waals surface area (Å²) in [5.41, 5.74) is 2.93. The van der Waals surface area contributed by atoms with Gasteiger partial charge in [0, 0.05) is 6.42 Å². The molecule has 1 saturated heterocycles. The van der Waals surface area contributed by atoms with Crippen LogP contribution in [0.2, 0.25) is 0 Å². The molecule has 1 aromatic rings. The van der Waals surface area contributed by atoms with E-state index in [1.807, 2.05) is 0 Å². The van der Waals surface area contributed by atoms with Crippen molar-refractivity contribution < 1.29 is 33.4 Å². The van der Waals surface area contributed by atoms with Crippen molar-refractivity contribution >= 4 is 21.1 Å². The first-order valence-electron chi connectivity index (χ1n) is 5.93. The minimum Gasteiger partial charge on any atom is -0.368 e. The number of rotatable bonds is 4. The van der Waals surface area contributed by atoms with E-state index in [-0.39, 0.29) is 12.4 Å². The minimum absolute atomic E-state index is 0.280. The maximum atomic E-state index is 11.7. The summed E-state index contributed by atoms with van der Waals surface area (Å²) in [5.74, 6) is -0.280. The van der Waals surface area contributed by atoms with Gasteiger partial charge in [-0.15, -0.1) is 0 Å². The van der Waals surface area contributed by atoms with Gasteiger partial charge in [0.1, 0.15) is 12.6 Å². The molecule has 0 radical (unpaired) electrons. The van der Waals surface area contributed by atoms with E-state index < -0.39 is 45.0 Å². The summed E-state index contributed by atoms with van der Waals surface area (Å²) in [6, 6.07) is 0. The van der Waals surface area contributed by atoms with Crippen LogP contribution in [0.3, 0.4) is 0 Å². The summed E-state index contributed by atoms with van der Waals surface area (Å²) in [4.78, 5) is 55.2. The number of hydrogen-bond acceptors (Lipinski definition) is 7. The van der Waals surface area contributed by atoms with Gasteiger partial charge in [-0.1, -0.05) is 0 Å². The Morgan fingerprint density at radius 1 is 1.36 bits per heavy atom. The summed E-state index contributed by atoms with van der Waals surface area (Å²) < 4.78 is 28.6. The Morgan fingerprint density at radius 3 is 2.50 bits per heavy atom. The third kappa shape index (κ3) is 3.99. The SMILES string of the molecule is Nc1ncn([C@H]2C[C@H](P(=O)(O)O)[C@@H](CP(=O)(O)O)O2)c(=O)n1. The Bertz CT molecular complexity index is 710. The fraction of sp³-hybridized carbons (Fsp3) is 0.625. The number of nitrogens with zero attached hydrogens (tertiary/aromatic N) is 3. The molecule has 1 aromatic heterocycles. The van der Waals surface area contributed by atoms with Gasteiger partial charge in [0.25, 0.3) is 0 Å². The van der Waals surface area contributed by atoms with Crippen LogP contribution in [0.25, 0.3) is 0 Å². The zero-order valence-electron chi connectivity index (χ0n) is 11.0. The van der Waals surface area contributed by atoms with E-state index in [4.69, 9.17) is 20.3 Å². The van der Waals surface area contributed by atoms with E-state index in [0.29, 0.717) is 0 Å². The first-order valence-corrected chi connectivity index (χ1v) is 9.41. The van der Waals surface area contributed by atoms with Gasteiger partial charge >= 0.3 is 20.9 Å². The lowest BCUT2D eigenvalue weighted by Crippen LogP contribution is -2.29. The Hall–Kier alpha value is -1.13. The fourth-order valence-electron chi connectivity index (χ4n) is 2.19. The molecule has 0 spiro atoms. The lowest BCUT2D eigenvalue weighted by atomic mass is 10.2. The average molecular weight is 356 g/mol. The highest BCUT2D eigenvalue weighted by atomic mass is 31.2. The molecule has 14 heteroatoms. The minimum atomic E-state index is -4.69. The van der Waals surface area contributed by atoms with Crippen LogP contribution in [0.4, 0.5) is 5.95 Å². The topological polar surface area (TPSA) is 198 Å². The Kier molecular flexibility index (Phi) is 4.56. The molecule has 0 aliphatic carbocycles. The average Bonchev–Trinajstić information content (AvgIpc) is 2.69. The van der Waals surface area contributed by atoms with Crippen LogP contribution in [0.1, 0.15) is 12.6 Å². The van der Waals surface area contributed by atoms with Gasteiger partial charge in [-0.2, -0.15) is 4.98 Å². The number of aromatic nitrogens is 3. The molecule has 3 atom stereocenters. The second-order valence-corrected chi connectivity index (χ2v) is 8.31. The molecule has 1 aliphatic heterocycles. The number of nitrogen functional groups attached to an aromatic ring is 1. The quantitative estimate of drug-likeness (QED) is 0.383. The monoisotopic (exact) mass is 356 g/mol. The molecular formula is C8H14N4O8P2. The van der Waals surface area contributed by atoms with E-state index in [1.165, 1.54) is 0 Å². The van der Waals surface area contributed by atoms with Crippen LogP contribution in [-0.2, 0) is 13.9 Å². The third-order valence-corrected chi connectivity index (χ3v) is 5.35. The van der Waals surface area contributed by atoms with Crippen LogP contribution in [0.15, 0.2) is 11.1 Å². The van der Waals surface area contributed by atoms with Crippen LogP contribution >= 0.6 is 15.2 Å². The van der Waals surface area contributed by atoms with Crippen molar-refractivity contribution in [1.82, 2.24) is 14.5 Å². The fourth-order valence-corrected chi connectivity index (χ4v) is 4.23. The Morgan fingerprint density at radius 2 is 2.00 bits per heavy atom. The van der Waals surface area contributed by atoms with Crippen molar-refractivity contribution in [1.29, 1.82) is 0 Å². The molecule has 1 fully saturated rings. The molecule has 0 aromatic carbocycles. The summed E-state index contributed by atoms with van der Waals surface area (Å²) >= 11 is 0. The molecule has 0 unspecified atom stereocenters. The molecule has 1 aliphatic rings. The zero-order valence-corrected chi connectivity index (χ0v) is 12.7. The maximum Gasteiger partial charge on any atom is 0.354 e. The zero-order chi connectivity index (χ0) is 16.7. The number of anilines is 1. The van der Waals surface area contributed by atoms with Crippen molar-refractivity contribution in [3.8, 4) is 0 Å². The molecule has 0 amide bonds. The molecule has 0 bridgehead atoms. The van der Waals surface area contributed by atoms with Crippen molar-refractivity contribution in [2.24, 2.45) is 0 Å². The van der Waals surface area contributed by atoms with E-state index in [2.05, 4.69) is 9.97 Å². The number of nitrogens with two attached hydrogens (primary N) is 1. The van der Waals surface area contributed by atoms with Gasteiger partial charge in [-0.05, 0) is 0 Å². The summed E-state index contributed by atoms with van der Waals surface area (Å²) in [6.45, 7) is 0. The molecule has 22 heavy (non-hydrogen) atoms. The first-order chi connectivity index (χ1) is 9.97. The normalized spacial score (nSPS) is 26.3. The van der Waals surface area contributed by atoms with Gasteiger partial charge in [0.15, 0.2) is 0 Å². The van der Waals surface area contributed by atoms with Gasteiger partial charge in [0.05, 0.1) is 17.9 Å². The highest BCUT2D eigenvalue weighted by Gasteiger charge is 2.48. The van der Waals surface area contributed by atoms with Crippen LogP contribution in [-0.4, -0.2) is 52.0 Å². The molecule has 2 heterocycles. The van der Waals surface area contributed by atoms with Gasteiger partial charge < -0.3 is 30.0 Å². The lowest BCUT2D eigenvalue weighted by Gasteiger charge is -2.19. The van der Waals surface area contributed by atoms with E-state index >= 15 is 0 Å². The predicted molar refractivity (Wildman–Crippen MR) is 72.0 cm³/mol. The van der Waals surface area contributed by atoms with Gasteiger partial charge in [-0.25, -0.2) is 9.78 Å². The second-order valence-electron chi connectivity index (χ2n) is 4.77. The smallest absolute Gasteiger partial charge is 0.354 e. The highest BCUT2D eigenvalue weighted by Crippen LogP contribution is 2.54.